The third kappa shape index (κ3) is 11.7. The minimum absolute atomic E-state index is 0.135. The van der Waals surface area contributed by atoms with E-state index in [1.165, 1.54) is 57.8 Å². The number of hydrogen-bond donors (Lipinski definition) is 1. The molecule has 0 fully saturated rings. The first kappa shape index (κ1) is 19.9. The van der Waals surface area contributed by atoms with E-state index in [1.807, 2.05) is 0 Å². The summed E-state index contributed by atoms with van der Waals surface area (Å²) in [6.07, 6.45) is 17.6. The fraction of sp³-hybridized carbons (Fsp3) is 1.00. The van der Waals surface area contributed by atoms with Crippen molar-refractivity contribution in [3.8, 4) is 0 Å². The standard InChI is InChI=1S/C17H37NOS/c1-4-6-8-10-12-14-16-17(20(3,18)19)15-13-11-9-7-5-2/h17-18H,4-16H2,1-3H3. The van der Waals surface area contributed by atoms with Crippen molar-refractivity contribution >= 4 is 9.73 Å². The summed E-state index contributed by atoms with van der Waals surface area (Å²) in [5.74, 6) is 0. The predicted octanol–water partition coefficient (Wildman–Crippen LogP) is 6.14. The Morgan fingerprint density at radius 2 is 1.10 bits per heavy atom. The molecule has 0 aliphatic carbocycles. The third-order valence-electron chi connectivity index (χ3n) is 4.15. The Morgan fingerprint density at radius 1 is 0.750 bits per heavy atom. The zero-order valence-electron chi connectivity index (χ0n) is 14.1. The molecular formula is C17H37NOS. The van der Waals surface area contributed by atoms with Crippen LogP contribution in [0.3, 0.4) is 0 Å². The molecule has 2 nitrogen and oxygen atoms in total. The molecular weight excluding hydrogens is 266 g/mol. The first-order chi connectivity index (χ1) is 9.52. The van der Waals surface area contributed by atoms with Gasteiger partial charge in [0.1, 0.15) is 0 Å². The van der Waals surface area contributed by atoms with Gasteiger partial charge in [-0.25, -0.2) is 4.21 Å². The van der Waals surface area contributed by atoms with E-state index in [2.05, 4.69) is 13.8 Å². The summed E-state index contributed by atoms with van der Waals surface area (Å²) >= 11 is 0. The van der Waals surface area contributed by atoms with Crippen molar-refractivity contribution in [3.63, 3.8) is 0 Å². The molecule has 0 aromatic carbocycles. The molecule has 0 bridgehead atoms. The van der Waals surface area contributed by atoms with Crippen LogP contribution in [0.2, 0.25) is 0 Å². The first-order valence-corrected chi connectivity index (χ1v) is 10.8. The highest BCUT2D eigenvalue weighted by Crippen LogP contribution is 2.19. The number of hydrogen-bond acceptors (Lipinski definition) is 2. The summed E-state index contributed by atoms with van der Waals surface area (Å²) in [6, 6.07) is 0. The van der Waals surface area contributed by atoms with Crippen molar-refractivity contribution in [3.05, 3.63) is 0 Å². The highest BCUT2D eigenvalue weighted by molar-refractivity contribution is 7.92. The normalized spacial score (nSPS) is 15.9. The number of nitrogens with one attached hydrogen (secondary N) is 1. The molecule has 0 amide bonds. The molecule has 0 saturated carbocycles. The van der Waals surface area contributed by atoms with Gasteiger partial charge >= 0.3 is 0 Å². The Hall–Kier alpha value is -0.0500. The molecule has 0 spiro atoms. The predicted molar refractivity (Wildman–Crippen MR) is 91.9 cm³/mol. The molecule has 2 atom stereocenters. The van der Waals surface area contributed by atoms with Gasteiger partial charge in [-0.3, -0.25) is 4.78 Å². The van der Waals surface area contributed by atoms with Gasteiger partial charge < -0.3 is 0 Å². The Labute approximate surface area is 128 Å². The second kappa shape index (κ2) is 12.7. The highest BCUT2D eigenvalue weighted by Gasteiger charge is 2.16. The lowest BCUT2D eigenvalue weighted by Gasteiger charge is -2.17. The molecule has 0 aliphatic rings. The molecule has 0 aliphatic heterocycles. The zero-order valence-corrected chi connectivity index (χ0v) is 14.9. The van der Waals surface area contributed by atoms with Crippen molar-refractivity contribution in [2.75, 3.05) is 6.26 Å². The molecule has 1 N–H and O–H groups in total. The van der Waals surface area contributed by atoms with Crippen molar-refractivity contribution in [2.45, 2.75) is 103 Å². The second-order valence-corrected chi connectivity index (χ2v) is 8.76. The quantitative estimate of drug-likeness (QED) is 0.384. The van der Waals surface area contributed by atoms with E-state index in [9.17, 15) is 4.21 Å². The van der Waals surface area contributed by atoms with E-state index >= 15 is 0 Å². The van der Waals surface area contributed by atoms with Crippen LogP contribution >= 0.6 is 0 Å². The highest BCUT2D eigenvalue weighted by atomic mass is 32.2. The van der Waals surface area contributed by atoms with Gasteiger partial charge in [-0.1, -0.05) is 84.5 Å². The minimum Gasteiger partial charge on any atom is -0.253 e. The molecule has 0 heterocycles. The lowest BCUT2D eigenvalue weighted by molar-refractivity contribution is 0.535. The van der Waals surface area contributed by atoms with Crippen LogP contribution in [0.5, 0.6) is 0 Å². The molecule has 0 radical (unpaired) electrons. The van der Waals surface area contributed by atoms with Crippen LogP contribution < -0.4 is 0 Å². The van der Waals surface area contributed by atoms with Crippen molar-refractivity contribution in [1.82, 2.24) is 0 Å². The molecule has 0 aromatic rings. The SMILES string of the molecule is CCCCCCCCC(CCCCCCC)S(C)(=N)=O. The average molecular weight is 304 g/mol. The molecule has 2 unspecified atom stereocenters. The van der Waals surface area contributed by atoms with Crippen LogP contribution in [0.4, 0.5) is 0 Å². The summed E-state index contributed by atoms with van der Waals surface area (Å²) in [5.41, 5.74) is 0. The monoisotopic (exact) mass is 303 g/mol. The summed E-state index contributed by atoms with van der Waals surface area (Å²) in [5, 5.41) is 0.135. The van der Waals surface area contributed by atoms with Crippen LogP contribution in [-0.2, 0) is 9.73 Å². The number of rotatable bonds is 14. The fourth-order valence-electron chi connectivity index (χ4n) is 2.72. The Kier molecular flexibility index (Phi) is 12.6. The minimum atomic E-state index is -2.36. The largest absolute Gasteiger partial charge is 0.253 e. The van der Waals surface area contributed by atoms with Gasteiger partial charge in [0, 0.05) is 21.2 Å². The van der Waals surface area contributed by atoms with E-state index in [4.69, 9.17) is 4.78 Å². The molecule has 0 saturated heterocycles. The van der Waals surface area contributed by atoms with E-state index in [0.717, 1.165) is 25.7 Å². The van der Waals surface area contributed by atoms with E-state index in [1.54, 1.807) is 6.26 Å². The van der Waals surface area contributed by atoms with Crippen LogP contribution in [0.1, 0.15) is 97.3 Å². The number of unbranched alkanes of at least 4 members (excludes halogenated alkanes) is 9. The van der Waals surface area contributed by atoms with E-state index in [0.29, 0.717) is 0 Å². The van der Waals surface area contributed by atoms with E-state index in [-0.39, 0.29) is 5.25 Å². The topological polar surface area (TPSA) is 40.9 Å². The molecule has 0 rings (SSSR count). The third-order valence-corrected chi connectivity index (χ3v) is 5.89. The molecule has 3 heteroatoms. The summed E-state index contributed by atoms with van der Waals surface area (Å²) < 4.78 is 19.9. The maximum absolute atomic E-state index is 12.0. The Bertz CT molecular complexity index is 298. The van der Waals surface area contributed by atoms with Crippen LogP contribution in [0, 0.1) is 4.78 Å². The Morgan fingerprint density at radius 3 is 1.45 bits per heavy atom. The second-order valence-electron chi connectivity index (χ2n) is 6.29. The lowest BCUT2D eigenvalue weighted by Crippen LogP contribution is -2.18. The van der Waals surface area contributed by atoms with Gasteiger partial charge in [-0.2, -0.15) is 0 Å². The van der Waals surface area contributed by atoms with Crippen molar-refractivity contribution < 1.29 is 4.21 Å². The average Bonchev–Trinajstić information content (AvgIpc) is 2.38. The van der Waals surface area contributed by atoms with Crippen molar-refractivity contribution in [2.24, 2.45) is 0 Å². The maximum atomic E-state index is 12.0. The molecule has 20 heavy (non-hydrogen) atoms. The van der Waals surface area contributed by atoms with Crippen LogP contribution in [0.15, 0.2) is 0 Å². The fourth-order valence-corrected chi connectivity index (χ4v) is 3.95. The summed E-state index contributed by atoms with van der Waals surface area (Å²) in [7, 11) is -2.36. The summed E-state index contributed by atoms with van der Waals surface area (Å²) in [4.78, 5) is 0. The van der Waals surface area contributed by atoms with Crippen LogP contribution in [0.25, 0.3) is 0 Å². The van der Waals surface area contributed by atoms with Gasteiger partial charge in [0.2, 0.25) is 0 Å². The molecule has 0 aromatic heterocycles. The van der Waals surface area contributed by atoms with Gasteiger partial charge in [0.15, 0.2) is 0 Å². The molecule has 122 valence electrons. The maximum Gasteiger partial charge on any atom is 0.0441 e. The smallest absolute Gasteiger partial charge is 0.0441 e. The van der Waals surface area contributed by atoms with Crippen molar-refractivity contribution in [1.29, 1.82) is 4.78 Å². The van der Waals surface area contributed by atoms with Gasteiger partial charge in [0.25, 0.3) is 0 Å². The summed E-state index contributed by atoms with van der Waals surface area (Å²) in [6.45, 7) is 4.46. The Balaban J connectivity index is 3.81. The van der Waals surface area contributed by atoms with Gasteiger partial charge in [-0.05, 0) is 12.8 Å². The van der Waals surface area contributed by atoms with E-state index < -0.39 is 9.73 Å². The van der Waals surface area contributed by atoms with Crippen LogP contribution in [-0.4, -0.2) is 15.7 Å². The first-order valence-electron chi connectivity index (χ1n) is 8.75. The zero-order chi connectivity index (χ0) is 15.3. The lowest BCUT2D eigenvalue weighted by atomic mass is 10.0. The van der Waals surface area contributed by atoms with Gasteiger partial charge in [-0.15, -0.1) is 0 Å². The van der Waals surface area contributed by atoms with Gasteiger partial charge in [0.05, 0.1) is 0 Å².